The summed E-state index contributed by atoms with van der Waals surface area (Å²) in [6.07, 6.45) is 3.17. The third kappa shape index (κ3) is 4.70. The van der Waals surface area contributed by atoms with Crippen molar-refractivity contribution in [3.05, 3.63) is 82.0 Å². The van der Waals surface area contributed by atoms with Crippen molar-refractivity contribution >= 4 is 28.1 Å². The predicted octanol–water partition coefficient (Wildman–Crippen LogP) is 4.08. The summed E-state index contributed by atoms with van der Waals surface area (Å²) in [4.78, 5) is 26.6. The van der Waals surface area contributed by atoms with Crippen LogP contribution < -0.4 is 0 Å². The molecule has 0 amide bonds. The Morgan fingerprint density at radius 2 is 2.00 bits per heavy atom. The molecule has 160 valence electrons. The molecule has 2 heterocycles. The molecule has 1 N–H and O–H groups in total. The summed E-state index contributed by atoms with van der Waals surface area (Å²) in [5.41, 5.74) is 2.48. The first-order valence-electron chi connectivity index (χ1n) is 9.30. The number of benzene rings is 2. The van der Waals surface area contributed by atoms with Crippen LogP contribution in [0.2, 0.25) is 0 Å². The van der Waals surface area contributed by atoms with Crippen molar-refractivity contribution < 1.29 is 14.8 Å². The number of carboxylic acids is 1. The van der Waals surface area contributed by atoms with Crippen molar-refractivity contribution in [1.82, 2.24) is 20.0 Å². The second-order valence-electron chi connectivity index (χ2n) is 6.57. The lowest BCUT2D eigenvalue weighted by Crippen LogP contribution is -2.20. The van der Waals surface area contributed by atoms with Crippen molar-refractivity contribution in [2.24, 2.45) is 10.2 Å². The molecule has 0 saturated carbocycles. The Morgan fingerprint density at radius 1 is 1.22 bits per heavy atom. The summed E-state index contributed by atoms with van der Waals surface area (Å²) in [6.45, 7) is 0. The number of nitrogens with zero attached hydrogens (tertiary/aromatic N) is 7. The molecule has 0 saturated heterocycles. The van der Waals surface area contributed by atoms with Gasteiger partial charge in [0.25, 0.3) is 5.69 Å². The van der Waals surface area contributed by atoms with Gasteiger partial charge >= 0.3 is 5.97 Å². The molecule has 11 nitrogen and oxygen atoms in total. The molecule has 0 bridgehead atoms. The Balaban J connectivity index is 1.49. The summed E-state index contributed by atoms with van der Waals surface area (Å²) >= 11 is 1.21. The highest BCUT2D eigenvalue weighted by atomic mass is 32.1. The lowest BCUT2D eigenvalue weighted by atomic mass is 10.0. The van der Waals surface area contributed by atoms with Gasteiger partial charge in [-0.3, -0.25) is 10.1 Å². The van der Waals surface area contributed by atoms with Crippen molar-refractivity contribution in [1.29, 1.82) is 0 Å². The second kappa shape index (κ2) is 9.22. The fourth-order valence-corrected chi connectivity index (χ4v) is 3.59. The number of rotatable bonds is 8. The van der Waals surface area contributed by atoms with Gasteiger partial charge in [0.2, 0.25) is 5.13 Å². The Hall–Kier alpha value is -4.32. The molecule has 0 aliphatic heterocycles. The van der Waals surface area contributed by atoms with Crippen LogP contribution in [0.5, 0.6) is 0 Å². The van der Waals surface area contributed by atoms with Crippen molar-refractivity contribution in [3.8, 4) is 16.9 Å². The van der Waals surface area contributed by atoms with Crippen molar-refractivity contribution in [2.75, 3.05) is 0 Å². The number of thiazole rings is 1. The minimum atomic E-state index is -1.27. The van der Waals surface area contributed by atoms with Crippen molar-refractivity contribution in [2.45, 2.75) is 12.5 Å². The fraction of sp³-hybridized carbons (Fsp3) is 0.100. The molecule has 1 unspecified atom stereocenters. The van der Waals surface area contributed by atoms with E-state index >= 15 is 0 Å². The van der Waals surface area contributed by atoms with E-state index in [4.69, 9.17) is 0 Å². The van der Waals surface area contributed by atoms with E-state index in [9.17, 15) is 20.0 Å². The molecule has 2 aromatic heterocycles. The number of azo groups is 1. The van der Waals surface area contributed by atoms with Crippen LogP contribution in [0.1, 0.15) is 5.56 Å². The Labute approximate surface area is 184 Å². The smallest absolute Gasteiger partial charge is 0.330 e. The third-order valence-corrected chi connectivity index (χ3v) is 5.24. The van der Waals surface area contributed by atoms with E-state index in [1.54, 1.807) is 28.5 Å². The number of hydrogen-bond donors (Lipinski definition) is 1. The van der Waals surface area contributed by atoms with Crippen LogP contribution in [0.25, 0.3) is 16.9 Å². The van der Waals surface area contributed by atoms with Crippen LogP contribution in [-0.4, -0.2) is 42.0 Å². The molecule has 4 rings (SSSR count). The monoisotopic (exact) mass is 449 g/mol. The van der Waals surface area contributed by atoms with Gasteiger partial charge in [0.05, 0.1) is 28.7 Å². The fourth-order valence-electron chi connectivity index (χ4n) is 2.94. The predicted molar refractivity (Wildman–Crippen MR) is 115 cm³/mol. The molecule has 2 aromatic carbocycles. The average molecular weight is 449 g/mol. The lowest BCUT2D eigenvalue weighted by Gasteiger charge is -2.06. The van der Waals surface area contributed by atoms with Crippen LogP contribution in [0.4, 0.5) is 10.8 Å². The largest absolute Gasteiger partial charge is 0.480 e. The second-order valence-corrected chi connectivity index (χ2v) is 7.41. The van der Waals surface area contributed by atoms with E-state index in [1.165, 1.54) is 29.5 Å². The van der Waals surface area contributed by atoms with Crippen molar-refractivity contribution in [3.63, 3.8) is 0 Å². The van der Waals surface area contributed by atoms with Crippen LogP contribution in [0.15, 0.2) is 76.5 Å². The number of carbonyl (C=O) groups is 1. The van der Waals surface area contributed by atoms with E-state index in [2.05, 4.69) is 25.5 Å². The third-order valence-electron chi connectivity index (χ3n) is 4.51. The maximum atomic E-state index is 11.6. The van der Waals surface area contributed by atoms with E-state index < -0.39 is 16.9 Å². The number of aliphatic carboxylic acids is 1. The number of carboxylic acid groups (broad SMARTS) is 1. The molecule has 4 aromatic rings. The summed E-state index contributed by atoms with van der Waals surface area (Å²) in [6, 6.07) is 12.2. The van der Waals surface area contributed by atoms with Gasteiger partial charge in [-0.1, -0.05) is 35.5 Å². The molecule has 32 heavy (non-hydrogen) atoms. The van der Waals surface area contributed by atoms with Gasteiger partial charge in [-0.2, -0.15) is 5.11 Å². The van der Waals surface area contributed by atoms with Gasteiger partial charge < -0.3 is 5.11 Å². The SMILES string of the molecule is O=C(O)C(Cc1ccccc1[N+](=O)[O-])N=Nc1nc(-c2ccc(-n3ccnn3)cc2)cs1. The van der Waals surface area contributed by atoms with Crippen LogP contribution >= 0.6 is 11.3 Å². The van der Waals surface area contributed by atoms with Gasteiger partial charge in [0.1, 0.15) is 0 Å². The molecule has 0 aliphatic carbocycles. The van der Waals surface area contributed by atoms with Crippen LogP contribution in [-0.2, 0) is 11.2 Å². The summed E-state index contributed by atoms with van der Waals surface area (Å²) in [5.74, 6) is -1.23. The maximum Gasteiger partial charge on any atom is 0.330 e. The highest BCUT2D eigenvalue weighted by molar-refractivity contribution is 7.13. The van der Waals surface area contributed by atoms with Gasteiger partial charge in [-0.05, 0) is 12.1 Å². The van der Waals surface area contributed by atoms with E-state index in [0.29, 0.717) is 5.69 Å². The van der Waals surface area contributed by atoms with Crippen LogP contribution in [0.3, 0.4) is 0 Å². The first-order valence-corrected chi connectivity index (χ1v) is 10.2. The Morgan fingerprint density at radius 3 is 2.69 bits per heavy atom. The molecular weight excluding hydrogens is 434 g/mol. The number of para-hydroxylation sites is 1. The lowest BCUT2D eigenvalue weighted by molar-refractivity contribution is -0.385. The van der Waals surface area contributed by atoms with Gasteiger partial charge in [-0.25, -0.2) is 14.5 Å². The quantitative estimate of drug-likeness (QED) is 0.242. The van der Waals surface area contributed by atoms with E-state index in [-0.39, 0.29) is 22.8 Å². The van der Waals surface area contributed by atoms with Gasteiger partial charge in [0, 0.05) is 29.0 Å². The van der Waals surface area contributed by atoms with E-state index in [0.717, 1.165) is 11.3 Å². The topological polar surface area (TPSA) is 149 Å². The first kappa shape index (κ1) is 20.9. The summed E-state index contributed by atoms with van der Waals surface area (Å²) < 4.78 is 1.63. The zero-order chi connectivity index (χ0) is 22.5. The maximum absolute atomic E-state index is 11.6. The highest BCUT2D eigenvalue weighted by Gasteiger charge is 2.22. The normalized spacial score (nSPS) is 12.1. The minimum absolute atomic E-state index is 0.153. The zero-order valence-corrected chi connectivity index (χ0v) is 17.2. The zero-order valence-electron chi connectivity index (χ0n) is 16.3. The average Bonchev–Trinajstić information content (AvgIpc) is 3.49. The van der Waals surface area contributed by atoms with Gasteiger partial charge in [0.15, 0.2) is 6.04 Å². The van der Waals surface area contributed by atoms with E-state index in [1.807, 2.05) is 24.3 Å². The molecule has 0 fully saturated rings. The highest BCUT2D eigenvalue weighted by Crippen LogP contribution is 2.28. The Kier molecular flexibility index (Phi) is 6.03. The summed E-state index contributed by atoms with van der Waals surface area (Å²) in [5, 5.41) is 38.3. The number of hydrogen-bond acceptors (Lipinski definition) is 9. The number of nitro groups is 1. The standard InChI is InChI=1S/C20H15N7O4S/c28-19(29)16(11-14-3-1-2-4-18(14)27(30)31)23-24-20-22-17(12-32-20)13-5-7-15(8-6-13)26-10-9-21-25-26/h1-10,12,16H,11H2,(H,28,29). The summed E-state index contributed by atoms with van der Waals surface area (Å²) in [7, 11) is 0. The molecule has 0 radical (unpaired) electrons. The molecular formula is C20H15N7O4S. The minimum Gasteiger partial charge on any atom is -0.480 e. The number of nitro benzene ring substituents is 1. The molecule has 0 aliphatic rings. The molecule has 1 atom stereocenters. The number of aromatic nitrogens is 4. The van der Waals surface area contributed by atoms with Crippen LogP contribution in [0, 0.1) is 10.1 Å². The molecule has 0 spiro atoms. The van der Waals surface area contributed by atoms with Gasteiger partial charge in [-0.15, -0.1) is 21.5 Å². The first-order chi connectivity index (χ1) is 15.5. The Bertz CT molecular complexity index is 1270. The molecule has 12 heteroatoms.